The fourth-order valence-corrected chi connectivity index (χ4v) is 1.74. The highest BCUT2D eigenvalue weighted by Crippen LogP contribution is 2.28. The zero-order chi connectivity index (χ0) is 12.1. The molecule has 0 aliphatic rings. The van der Waals surface area contributed by atoms with Gasteiger partial charge in [-0.15, -0.1) is 11.6 Å². The average molecular weight is 237 g/mol. The first kappa shape index (κ1) is 15.2. The van der Waals surface area contributed by atoms with E-state index in [0.29, 0.717) is 12.3 Å². The van der Waals surface area contributed by atoms with Gasteiger partial charge < -0.3 is 9.84 Å². The van der Waals surface area contributed by atoms with Gasteiger partial charge in [0.05, 0.1) is 17.3 Å². The second kappa shape index (κ2) is 6.07. The molecule has 15 heavy (non-hydrogen) atoms. The van der Waals surface area contributed by atoms with Gasteiger partial charge in [-0.25, -0.2) is 0 Å². The van der Waals surface area contributed by atoms with E-state index in [0.717, 1.165) is 12.8 Å². The van der Waals surface area contributed by atoms with E-state index in [4.69, 9.17) is 16.3 Å². The predicted molar refractivity (Wildman–Crippen MR) is 65.5 cm³/mol. The molecule has 0 spiro atoms. The summed E-state index contributed by atoms with van der Waals surface area (Å²) in [6.07, 6.45) is 2.07. The van der Waals surface area contributed by atoms with E-state index < -0.39 is 6.10 Å². The third kappa shape index (κ3) is 7.15. The summed E-state index contributed by atoms with van der Waals surface area (Å²) >= 11 is 5.57. The molecule has 0 aromatic rings. The summed E-state index contributed by atoms with van der Waals surface area (Å²) in [6, 6.07) is 0. The van der Waals surface area contributed by atoms with Crippen molar-refractivity contribution in [1.82, 2.24) is 0 Å². The van der Waals surface area contributed by atoms with Crippen molar-refractivity contribution >= 4 is 11.6 Å². The van der Waals surface area contributed by atoms with Crippen LogP contribution < -0.4 is 0 Å². The van der Waals surface area contributed by atoms with Gasteiger partial charge in [-0.3, -0.25) is 0 Å². The standard InChI is InChI=1S/C12H25ClO2/c1-6-12(5,15-11(2,3)4)8-7-10(14)9-13/h10,14H,6-9H2,1-5H3/t10-,12?/m0/s1. The molecule has 0 aromatic heterocycles. The van der Waals surface area contributed by atoms with Gasteiger partial charge in [0.15, 0.2) is 0 Å². The van der Waals surface area contributed by atoms with E-state index in [1.54, 1.807) is 0 Å². The number of rotatable bonds is 6. The van der Waals surface area contributed by atoms with Crippen LogP contribution in [0.1, 0.15) is 53.9 Å². The van der Waals surface area contributed by atoms with Crippen LogP contribution in [0.3, 0.4) is 0 Å². The SMILES string of the molecule is CCC(C)(CC[C@H](O)CCl)OC(C)(C)C. The highest BCUT2D eigenvalue weighted by atomic mass is 35.5. The summed E-state index contributed by atoms with van der Waals surface area (Å²) in [5.41, 5.74) is -0.304. The fourth-order valence-electron chi connectivity index (χ4n) is 1.59. The lowest BCUT2D eigenvalue weighted by atomic mass is 9.94. The molecular weight excluding hydrogens is 212 g/mol. The molecule has 0 radical (unpaired) electrons. The maximum Gasteiger partial charge on any atom is 0.0676 e. The third-order valence-electron chi connectivity index (χ3n) is 2.48. The third-order valence-corrected chi connectivity index (χ3v) is 2.84. The minimum atomic E-state index is -0.416. The number of aliphatic hydroxyl groups excluding tert-OH is 1. The number of halogens is 1. The van der Waals surface area contributed by atoms with Gasteiger partial charge in [-0.2, -0.15) is 0 Å². The van der Waals surface area contributed by atoms with Crippen LogP contribution in [-0.4, -0.2) is 28.3 Å². The Hall–Kier alpha value is 0.210. The van der Waals surface area contributed by atoms with Gasteiger partial charge in [0.2, 0.25) is 0 Å². The Labute approximate surface area is 99.0 Å². The molecule has 3 heteroatoms. The topological polar surface area (TPSA) is 29.5 Å². The zero-order valence-electron chi connectivity index (χ0n) is 10.6. The molecule has 0 heterocycles. The Morgan fingerprint density at radius 3 is 2.13 bits per heavy atom. The molecule has 0 amide bonds. The van der Waals surface area contributed by atoms with Crippen LogP contribution in [0.2, 0.25) is 0 Å². The molecule has 1 N–H and O–H groups in total. The van der Waals surface area contributed by atoms with Crippen molar-refractivity contribution in [2.24, 2.45) is 0 Å². The van der Waals surface area contributed by atoms with E-state index in [1.807, 2.05) is 0 Å². The zero-order valence-corrected chi connectivity index (χ0v) is 11.4. The summed E-state index contributed by atoms with van der Waals surface area (Å²) < 4.78 is 6.02. The van der Waals surface area contributed by atoms with Crippen molar-refractivity contribution < 1.29 is 9.84 Å². The largest absolute Gasteiger partial charge is 0.392 e. The molecule has 92 valence electrons. The van der Waals surface area contributed by atoms with Gasteiger partial charge in [-0.1, -0.05) is 6.92 Å². The van der Waals surface area contributed by atoms with Gasteiger partial charge in [0, 0.05) is 5.88 Å². The molecule has 0 aromatic carbocycles. The Morgan fingerprint density at radius 1 is 1.27 bits per heavy atom. The van der Waals surface area contributed by atoms with Crippen LogP contribution >= 0.6 is 11.6 Å². The number of alkyl halides is 1. The second-order valence-electron chi connectivity index (χ2n) is 5.36. The lowest BCUT2D eigenvalue weighted by Crippen LogP contribution is -2.37. The average Bonchev–Trinajstić information content (AvgIpc) is 2.11. The molecule has 2 atom stereocenters. The maximum atomic E-state index is 9.43. The summed E-state index contributed by atoms with van der Waals surface area (Å²) in [6.45, 7) is 10.4. The van der Waals surface area contributed by atoms with Crippen molar-refractivity contribution in [3.63, 3.8) is 0 Å². The number of hydrogen-bond acceptors (Lipinski definition) is 2. The summed E-state index contributed by atoms with van der Waals surface area (Å²) in [5.74, 6) is 0.301. The van der Waals surface area contributed by atoms with Crippen molar-refractivity contribution in [1.29, 1.82) is 0 Å². The molecular formula is C12H25ClO2. The van der Waals surface area contributed by atoms with Crippen molar-refractivity contribution in [3.8, 4) is 0 Å². The van der Waals surface area contributed by atoms with Gasteiger partial charge in [-0.05, 0) is 47.0 Å². The first-order valence-electron chi connectivity index (χ1n) is 5.66. The van der Waals surface area contributed by atoms with Gasteiger partial charge >= 0.3 is 0 Å². The summed E-state index contributed by atoms with van der Waals surface area (Å²) in [5, 5.41) is 9.43. The highest BCUT2D eigenvalue weighted by molar-refractivity contribution is 6.18. The number of aliphatic hydroxyl groups is 1. The lowest BCUT2D eigenvalue weighted by Gasteiger charge is -2.36. The number of hydrogen-bond donors (Lipinski definition) is 1. The van der Waals surface area contributed by atoms with Crippen LogP contribution in [0.25, 0.3) is 0 Å². The van der Waals surface area contributed by atoms with Crippen molar-refractivity contribution in [2.45, 2.75) is 71.2 Å². The Kier molecular flexibility index (Phi) is 6.16. The fraction of sp³-hybridized carbons (Fsp3) is 1.00. The molecule has 0 saturated heterocycles. The minimum Gasteiger partial charge on any atom is -0.392 e. The van der Waals surface area contributed by atoms with Crippen molar-refractivity contribution in [2.75, 3.05) is 5.88 Å². The molecule has 0 rings (SSSR count). The Bertz CT molecular complexity index is 177. The highest BCUT2D eigenvalue weighted by Gasteiger charge is 2.29. The maximum absolute atomic E-state index is 9.43. The smallest absolute Gasteiger partial charge is 0.0676 e. The van der Waals surface area contributed by atoms with Crippen molar-refractivity contribution in [3.05, 3.63) is 0 Å². The van der Waals surface area contributed by atoms with E-state index >= 15 is 0 Å². The number of ether oxygens (including phenoxy) is 1. The molecule has 0 aliphatic carbocycles. The van der Waals surface area contributed by atoms with E-state index in [2.05, 4.69) is 34.6 Å². The van der Waals surface area contributed by atoms with Crippen LogP contribution in [-0.2, 0) is 4.74 Å². The molecule has 0 aliphatic heterocycles. The quantitative estimate of drug-likeness (QED) is 0.717. The van der Waals surface area contributed by atoms with E-state index in [-0.39, 0.29) is 11.2 Å². The minimum absolute atomic E-state index is 0.142. The van der Waals surface area contributed by atoms with Gasteiger partial charge in [0.1, 0.15) is 0 Å². The Morgan fingerprint density at radius 2 is 1.80 bits per heavy atom. The molecule has 0 saturated carbocycles. The predicted octanol–water partition coefficient (Wildman–Crippen LogP) is 3.35. The monoisotopic (exact) mass is 236 g/mol. The summed E-state index contributed by atoms with van der Waals surface area (Å²) in [7, 11) is 0. The lowest BCUT2D eigenvalue weighted by molar-refractivity contribution is -0.131. The molecule has 1 unspecified atom stereocenters. The molecule has 0 bridgehead atoms. The van der Waals surface area contributed by atoms with E-state index in [1.165, 1.54) is 0 Å². The first-order valence-corrected chi connectivity index (χ1v) is 6.20. The first-order chi connectivity index (χ1) is 6.72. The van der Waals surface area contributed by atoms with E-state index in [9.17, 15) is 5.11 Å². The Balaban J connectivity index is 4.19. The molecule has 2 nitrogen and oxygen atoms in total. The summed E-state index contributed by atoms with van der Waals surface area (Å²) in [4.78, 5) is 0. The van der Waals surface area contributed by atoms with Gasteiger partial charge in [0.25, 0.3) is 0 Å². The normalized spacial score (nSPS) is 18.6. The second-order valence-corrected chi connectivity index (χ2v) is 5.67. The van der Waals surface area contributed by atoms with Crippen LogP contribution in [0, 0.1) is 0 Å². The molecule has 0 fully saturated rings. The van der Waals surface area contributed by atoms with Crippen LogP contribution in [0.5, 0.6) is 0 Å². The van der Waals surface area contributed by atoms with Crippen LogP contribution in [0.15, 0.2) is 0 Å². The van der Waals surface area contributed by atoms with Crippen LogP contribution in [0.4, 0.5) is 0 Å².